The molecule has 2 rings (SSSR count). The van der Waals surface area contributed by atoms with Crippen LogP contribution in [0.3, 0.4) is 0 Å². The molecular weight excluding hydrogens is 233 g/mol. The molecule has 1 aliphatic heterocycles. The van der Waals surface area contributed by atoms with Crippen LogP contribution in [0.1, 0.15) is 43.5 Å². The maximum absolute atomic E-state index is 13.7. The molecule has 4 heteroatoms. The van der Waals surface area contributed by atoms with Crippen molar-refractivity contribution in [3.8, 4) is 11.5 Å². The van der Waals surface area contributed by atoms with Crippen molar-refractivity contribution in [1.29, 1.82) is 0 Å². The van der Waals surface area contributed by atoms with Crippen LogP contribution in [0, 0.1) is 0 Å². The van der Waals surface area contributed by atoms with E-state index >= 15 is 0 Å². The quantitative estimate of drug-likeness (QED) is 0.897. The Kier molecular flexibility index (Phi) is 4.07. The lowest BCUT2D eigenvalue weighted by atomic mass is 9.90. The third kappa shape index (κ3) is 2.58. The summed E-state index contributed by atoms with van der Waals surface area (Å²) in [5.74, 6) is 1.58. The Morgan fingerprint density at radius 1 is 1.17 bits per heavy atom. The lowest BCUT2D eigenvalue weighted by Gasteiger charge is -2.24. The molecular formula is C14H20FNO2. The predicted molar refractivity (Wildman–Crippen MR) is 69.0 cm³/mol. The summed E-state index contributed by atoms with van der Waals surface area (Å²) in [6.45, 7) is 5.26. The third-order valence-electron chi connectivity index (χ3n) is 3.31. The van der Waals surface area contributed by atoms with Crippen molar-refractivity contribution in [2.24, 2.45) is 5.73 Å². The summed E-state index contributed by atoms with van der Waals surface area (Å²) < 4.78 is 24.8. The smallest absolute Gasteiger partial charge is 0.161 e. The molecule has 0 radical (unpaired) electrons. The molecule has 0 bridgehead atoms. The van der Waals surface area contributed by atoms with Crippen LogP contribution in [0.15, 0.2) is 12.1 Å². The first-order valence-corrected chi connectivity index (χ1v) is 6.41. The van der Waals surface area contributed by atoms with E-state index in [0.717, 1.165) is 12.0 Å². The largest absolute Gasteiger partial charge is 0.486 e. The fourth-order valence-corrected chi connectivity index (χ4v) is 2.30. The van der Waals surface area contributed by atoms with Gasteiger partial charge in [-0.25, -0.2) is 4.39 Å². The average molecular weight is 253 g/mol. The van der Waals surface area contributed by atoms with Gasteiger partial charge in [-0.15, -0.1) is 0 Å². The van der Waals surface area contributed by atoms with Crippen LogP contribution < -0.4 is 15.2 Å². The van der Waals surface area contributed by atoms with Gasteiger partial charge in [-0.05, 0) is 49.1 Å². The minimum absolute atomic E-state index is 0.221. The Bertz CT molecular complexity index is 421. The summed E-state index contributed by atoms with van der Waals surface area (Å²) in [6, 6.07) is 3.67. The number of halogens is 1. The summed E-state index contributed by atoms with van der Waals surface area (Å²) in [5.41, 5.74) is 7.23. The first-order chi connectivity index (χ1) is 8.63. The van der Waals surface area contributed by atoms with Crippen LogP contribution in [0.2, 0.25) is 0 Å². The molecule has 0 saturated carbocycles. The monoisotopic (exact) mass is 253 g/mol. The Balaban J connectivity index is 2.42. The molecule has 2 unspecified atom stereocenters. The highest BCUT2D eigenvalue weighted by atomic mass is 19.1. The predicted octanol–water partition coefficient (Wildman–Crippen LogP) is 2.94. The van der Waals surface area contributed by atoms with Crippen LogP contribution >= 0.6 is 0 Å². The second kappa shape index (κ2) is 5.57. The maximum Gasteiger partial charge on any atom is 0.161 e. The van der Waals surface area contributed by atoms with Crippen LogP contribution in [-0.4, -0.2) is 19.8 Å². The number of rotatable bonds is 4. The Labute approximate surface area is 107 Å². The number of hydrogen-bond acceptors (Lipinski definition) is 3. The minimum Gasteiger partial charge on any atom is -0.486 e. The zero-order valence-corrected chi connectivity index (χ0v) is 10.9. The van der Waals surface area contributed by atoms with Gasteiger partial charge in [-0.2, -0.15) is 0 Å². The Hall–Kier alpha value is -1.29. The zero-order valence-electron chi connectivity index (χ0n) is 10.9. The van der Waals surface area contributed by atoms with Crippen molar-refractivity contribution < 1.29 is 13.9 Å². The normalized spacial score (nSPS) is 17.3. The molecule has 1 aromatic carbocycles. The topological polar surface area (TPSA) is 44.5 Å². The van der Waals surface area contributed by atoms with Gasteiger partial charge in [0.05, 0.1) is 0 Å². The molecule has 0 aliphatic carbocycles. The molecule has 0 fully saturated rings. The summed E-state index contributed by atoms with van der Waals surface area (Å²) in [5, 5.41) is 0. The number of hydrogen-bond donors (Lipinski definition) is 1. The Morgan fingerprint density at radius 2 is 1.72 bits per heavy atom. The second-order valence-electron chi connectivity index (χ2n) is 4.72. The third-order valence-corrected chi connectivity index (χ3v) is 3.31. The summed E-state index contributed by atoms with van der Waals surface area (Å²) in [6.07, 6.45) is -0.185. The van der Waals surface area contributed by atoms with Gasteiger partial charge in [0.2, 0.25) is 0 Å². The maximum atomic E-state index is 13.7. The van der Waals surface area contributed by atoms with Gasteiger partial charge < -0.3 is 15.2 Å². The van der Waals surface area contributed by atoms with Crippen LogP contribution in [0.4, 0.5) is 4.39 Å². The minimum atomic E-state index is -1.02. The van der Waals surface area contributed by atoms with E-state index in [1.54, 1.807) is 13.0 Å². The Morgan fingerprint density at radius 3 is 2.22 bits per heavy atom. The van der Waals surface area contributed by atoms with Gasteiger partial charge in [0.15, 0.2) is 11.5 Å². The average Bonchev–Trinajstić information content (AvgIpc) is 2.37. The van der Waals surface area contributed by atoms with Crippen LogP contribution in [-0.2, 0) is 0 Å². The zero-order chi connectivity index (χ0) is 13.1. The van der Waals surface area contributed by atoms with Gasteiger partial charge >= 0.3 is 0 Å². The molecule has 0 spiro atoms. The van der Waals surface area contributed by atoms with Crippen molar-refractivity contribution in [2.75, 3.05) is 19.8 Å². The van der Waals surface area contributed by atoms with E-state index < -0.39 is 6.17 Å². The fraction of sp³-hybridized carbons (Fsp3) is 0.571. The molecule has 18 heavy (non-hydrogen) atoms. The molecule has 0 saturated heterocycles. The van der Waals surface area contributed by atoms with E-state index in [9.17, 15) is 4.39 Å². The van der Waals surface area contributed by atoms with E-state index in [1.165, 1.54) is 0 Å². The van der Waals surface area contributed by atoms with Crippen molar-refractivity contribution in [2.45, 2.75) is 32.4 Å². The molecule has 2 N–H and O–H groups in total. The van der Waals surface area contributed by atoms with Crippen molar-refractivity contribution in [3.63, 3.8) is 0 Å². The first-order valence-electron chi connectivity index (χ1n) is 6.41. The highest BCUT2D eigenvalue weighted by Crippen LogP contribution is 2.39. The van der Waals surface area contributed by atoms with Gasteiger partial charge in [0.1, 0.15) is 19.4 Å². The molecule has 2 atom stereocenters. The van der Waals surface area contributed by atoms with E-state index in [4.69, 9.17) is 15.2 Å². The number of ether oxygens (including phenoxy) is 2. The second-order valence-corrected chi connectivity index (χ2v) is 4.72. The number of benzene rings is 1. The van der Waals surface area contributed by atoms with Crippen LogP contribution in [0.25, 0.3) is 0 Å². The van der Waals surface area contributed by atoms with E-state index in [0.29, 0.717) is 36.8 Å². The molecule has 0 aromatic heterocycles. The molecule has 1 aromatic rings. The highest BCUT2D eigenvalue weighted by molar-refractivity contribution is 5.50. The number of alkyl halides is 1. The summed E-state index contributed by atoms with van der Waals surface area (Å²) in [4.78, 5) is 0. The molecule has 3 nitrogen and oxygen atoms in total. The van der Waals surface area contributed by atoms with Crippen molar-refractivity contribution >= 4 is 0 Å². The first kappa shape index (κ1) is 13.1. The van der Waals surface area contributed by atoms with E-state index in [-0.39, 0.29) is 5.92 Å². The molecule has 100 valence electrons. The summed E-state index contributed by atoms with van der Waals surface area (Å²) in [7, 11) is 0. The molecule has 1 heterocycles. The molecule has 0 amide bonds. The number of nitrogens with two attached hydrogens (primary N) is 1. The van der Waals surface area contributed by atoms with Gasteiger partial charge in [-0.3, -0.25) is 0 Å². The van der Waals surface area contributed by atoms with Gasteiger partial charge in [0, 0.05) is 0 Å². The van der Waals surface area contributed by atoms with Gasteiger partial charge in [0.25, 0.3) is 0 Å². The van der Waals surface area contributed by atoms with E-state index in [1.807, 2.05) is 6.07 Å². The van der Waals surface area contributed by atoms with Gasteiger partial charge in [-0.1, -0.05) is 6.92 Å². The summed E-state index contributed by atoms with van der Waals surface area (Å²) >= 11 is 0. The standard InChI is InChI=1S/C14H20FNO2/c1-9(3-4-16)11-7-13-14(18-6-5-17-13)8-12(11)10(2)15/h7-10H,3-6,16H2,1-2H3. The highest BCUT2D eigenvalue weighted by Gasteiger charge is 2.21. The lowest BCUT2D eigenvalue weighted by molar-refractivity contribution is 0.170. The van der Waals surface area contributed by atoms with Crippen molar-refractivity contribution in [1.82, 2.24) is 0 Å². The van der Waals surface area contributed by atoms with Crippen molar-refractivity contribution in [3.05, 3.63) is 23.3 Å². The van der Waals surface area contributed by atoms with Crippen LogP contribution in [0.5, 0.6) is 11.5 Å². The SMILES string of the molecule is CC(F)c1cc2c(cc1C(C)CCN)OCCO2. The number of fused-ring (bicyclic) bond motifs is 1. The lowest BCUT2D eigenvalue weighted by Crippen LogP contribution is -2.17. The molecule has 1 aliphatic rings. The fourth-order valence-electron chi connectivity index (χ4n) is 2.30. The van der Waals surface area contributed by atoms with E-state index in [2.05, 4.69) is 6.92 Å².